The molecule has 0 unspecified atom stereocenters. The van der Waals surface area contributed by atoms with Gasteiger partial charge in [-0.1, -0.05) is 18.2 Å². The number of phenols is 1. The van der Waals surface area contributed by atoms with Crippen LogP contribution in [0.5, 0.6) is 5.75 Å². The summed E-state index contributed by atoms with van der Waals surface area (Å²) in [7, 11) is 0. The number of phenolic OH excluding ortho intramolecular Hbond substituents is 1. The smallest absolute Gasteiger partial charge is 0.331 e. The first kappa shape index (κ1) is 26.5. The van der Waals surface area contributed by atoms with Crippen LogP contribution in [0.25, 0.3) is 6.08 Å². The van der Waals surface area contributed by atoms with Crippen LogP contribution in [-0.4, -0.2) is 103 Å². The van der Waals surface area contributed by atoms with Crippen LogP contribution >= 0.6 is 0 Å². The van der Waals surface area contributed by atoms with Gasteiger partial charge >= 0.3 is 5.97 Å². The van der Waals surface area contributed by atoms with Crippen LogP contribution in [0, 0.1) is 5.92 Å². The number of hydrogen-bond donors (Lipinski definition) is 7. The number of aliphatic hydroxyl groups is 6. The van der Waals surface area contributed by atoms with E-state index >= 15 is 0 Å². The van der Waals surface area contributed by atoms with Gasteiger partial charge in [0.05, 0.1) is 24.9 Å². The molecule has 1 aliphatic carbocycles. The van der Waals surface area contributed by atoms with Crippen molar-refractivity contribution in [3.8, 4) is 5.75 Å². The third-order valence-corrected chi connectivity index (χ3v) is 6.89. The molecule has 1 aromatic rings. The Labute approximate surface area is 206 Å². The van der Waals surface area contributed by atoms with E-state index in [2.05, 4.69) is 0 Å². The number of carbonyl (C=O) groups excluding carboxylic acids is 1. The van der Waals surface area contributed by atoms with Gasteiger partial charge in [-0.25, -0.2) is 4.79 Å². The number of aromatic hydroxyl groups is 1. The van der Waals surface area contributed by atoms with E-state index in [4.69, 9.17) is 18.9 Å². The molecule has 2 heterocycles. The second-order valence-electron chi connectivity index (χ2n) is 9.35. The molecule has 3 aliphatic rings. The van der Waals surface area contributed by atoms with Gasteiger partial charge in [0.1, 0.15) is 41.4 Å². The quantitative estimate of drug-likeness (QED) is 0.173. The van der Waals surface area contributed by atoms with Crippen molar-refractivity contribution in [2.75, 3.05) is 6.61 Å². The summed E-state index contributed by atoms with van der Waals surface area (Å²) in [4.78, 5) is 12.7. The van der Waals surface area contributed by atoms with E-state index in [9.17, 15) is 40.5 Å². The zero-order chi connectivity index (χ0) is 26.3. The highest BCUT2D eigenvalue weighted by Gasteiger charge is 2.66. The first-order valence-electron chi connectivity index (χ1n) is 11.4. The van der Waals surface area contributed by atoms with Crippen LogP contribution < -0.4 is 0 Å². The van der Waals surface area contributed by atoms with Crippen LogP contribution in [0.15, 0.2) is 42.7 Å². The Morgan fingerprint density at radius 2 is 1.86 bits per heavy atom. The first-order valence-corrected chi connectivity index (χ1v) is 11.4. The highest BCUT2D eigenvalue weighted by atomic mass is 16.8. The zero-order valence-electron chi connectivity index (χ0n) is 19.3. The number of hydrogen-bond acceptors (Lipinski definition) is 12. The van der Waals surface area contributed by atoms with Crippen molar-refractivity contribution in [3.63, 3.8) is 0 Å². The first-order chi connectivity index (χ1) is 17.0. The van der Waals surface area contributed by atoms with Crippen LogP contribution in [-0.2, 0) is 23.7 Å². The Bertz CT molecular complexity index is 1010. The standard InChI is InChI=1S/C24H30O12/c1-23(36-16(28)7-6-12-4-2-3-5-13(12)26)10-15(27)24(32)8-9-33-22(20(23)24)35-21-19(31)18(30)17(29)14(11-25)34-21/h2-9,14-15,17-22,25-27,29-32H,10-11H2,1H3/t14-,15+,17-,18+,19-,20+,21+,22-,23-,24+/m0/s1. The minimum Gasteiger partial charge on any atom is -0.507 e. The minimum atomic E-state index is -1.95. The van der Waals surface area contributed by atoms with Crippen molar-refractivity contribution < 1.29 is 59.5 Å². The molecule has 0 amide bonds. The van der Waals surface area contributed by atoms with Gasteiger partial charge < -0.3 is 54.7 Å². The predicted octanol–water partition coefficient (Wildman–Crippen LogP) is -1.49. The molecule has 12 heteroatoms. The van der Waals surface area contributed by atoms with Crippen molar-refractivity contribution in [2.45, 2.75) is 67.6 Å². The summed E-state index contributed by atoms with van der Waals surface area (Å²) in [6.07, 6.45) is -6.23. The summed E-state index contributed by atoms with van der Waals surface area (Å²) in [5, 5.41) is 71.6. The van der Waals surface area contributed by atoms with E-state index in [-0.39, 0.29) is 12.2 Å². The number of rotatable bonds is 6. The second-order valence-corrected chi connectivity index (χ2v) is 9.35. The summed E-state index contributed by atoms with van der Waals surface area (Å²) < 4.78 is 22.2. The maximum atomic E-state index is 12.7. The SMILES string of the molecule is C[C@]1(OC(=O)C=Cc2ccccc2O)C[C@@H](O)[C@]2(O)C=CO[C@@H](O[C@H]3O[C@@H](CO)[C@H](O)[C@@H](O)[C@@H]3O)[C@@H]21. The molecule has 198 valence electrons. The molecule has 0 aromatic heterocycles. The molecule has 2 fully saturated rings. The van der Waals surface area contributed by atoms with E-state index in [0.29, 0.717) is 5.56 Å². The van der Waals surface area contributed by atoms with Crippen molar-refractivity contribution in [2.24, 2.45) is 5.92 Å². The van der Waals surface area contributed by atoms with E-state index in [1.807, 2.05) is 0 Å². The number of carbonyl (C=O) groups is 1. The van der Waals surface area contributed by atoms with E-state index in [1.165, 1.54) is 25.1 Å². The molecule has 0 bridgehead atoms. The fraction of sp³-hybridized carbons (Fsp3) is 0.542. The summed E-state index contributed by atoms with van der Waals surface area (Å²) in [6, 6.07) is 6.33. The molecule has 1 saturated heterocycles. The third-order valence-electron chi connectivity index (χ3n) is 6.89. The van der Waals surface area contributed by atoms with Crippen molar-refractivity contribution in [1.82, 2.24) is 0 Å². The number of esters is 1. The molecule has 12 nitrogen and oxygen atoms in total. The largest absolute Gasteiger partial charge is 0.507 e. The zero-order valence-corrected chi connectivity index (χ0v) is 19.3. The number of aliphatic hydroxyl groups excluding tert-OH is 5. The average Bonchev–Trinajstić information content (AvgIpc) is 3.04. The lowest BCUT2D eigenvalue weighted by molar-refractivity contribution is -0.351. The minimum absolute atomic E-state index is 0.0442. The maximum absolute atomic E-state index is 12.7. The van der Waals surface area contributed by atoms with Crippen molar-refractivity contribution >= 4 is 12.0 Å². The summed E-state index contributed by atoms with van der Waals surface area (Å²) in [6.45, 7) is 0.789. The van der Waals surface area contributed by atoms with Crippen LogP contribution in [0.4, 0.5) is 0 Å². The summed E-state index contributed by atoms with van der Waals surface area (Å²) in [5.41, 5.74) is -3.12. The fourth-order valence-corrected chi connectivity index (χ4v) is 4.97. The second kappa shape index (κ2) is 10.1. The topological polar surface area (TPSA) is 196 Å². The summed E-state index contributed by atoms with van der Waals surface area (Å²) in [5.74, 6) is -2.10. The van der Waals surface area contributed by atoms with Gasteiger partial charge in [-0.2, -0.15) is 0 Å². The lowest BCUT2D eigenvalue weighted by Gasteiger charge is -2.45. The number of fused-ring (bicyclic) bond motifs is 1. The molecule has 0 radical (unpaired) electrons. The summed E-state index contributed by atoms with van der Waals surface area (Å²) >= 11 is 0. The number of benzene rings is 1. The molecule has 10 atom stereocenters. The van der Waals surface area contributed by atoms with E-state index < -0.39 is 72.8 Å². The highest BCUT2D eigenvalue weighted by Crippen LogP contribution is 2.51. The van der Waals surface area contributed by atoms with Gasteiger partial charge in [-0.15, -0.1) is 0 Å². The van der Waals surface area contributed by atoms with Crippen molar-refractivity contribution in [1.29, 1.82) is 0 Å². The monoisotopic (exact) mass is 510 g/mol. The normalized spacial score (nSPS) is 42.2. The lowest BCUT2D eigenvalue weighted by atomic mass is 9.81. The number of para-hydroxylation sites is 1. The van der Waals surface area contributed by atoms with Crippen LogP contribution in [0.1, 0.15) is 18.9 Å². The Morgan fingerprint density at radius 3 is 2.56 bits per heavy atom. The van der Waals surface area contributed by atoms with Gasteiger partial charge in [0.2, 0.25) is 6.29 Å². The molecular formula is C24H30O12. The molecule has 2 aliphatic heterocycles. The third kappa shape index (κ3) is 4.74. The van der Waals surface area contributed by atoms with Gasteiger partial charge in [-0.05, 0) is 25.1 Å². The predicted molar refractivity (Wildman–Crippen MR) is 120 cm³/mol. The Balaban J connectivity index is 1.56. The Morgan fingerprint density at radius 1 is 1.14 bits per heavy atom. The molecule has 0 spiro atoms. The molecule has 1 aromatic carbocycles. The van der Waals surface area contributed by atoms with Gasteiger partial charge in [0, 0.05) is 18.1 Å². The van der Waals surface area contributed by atoms with Crippen LogP contribution in [0.2, 0.25) is 0 Å². The molecular weight excluding hydrogens is 480 g/mol. The van der Waals surface area contributed by atoms with Gasteiger partial charge in [-0.3, -0.25) is 0 Å². The lowest BCUT2D eigenvalue weighted by Crippen LogP contribution is -2.62. The molecule has 1 saturated carbocycles. The fourth-order valence-electron chi connectivity index (χ4n) is 4.97. The van der Waals surface area contributed by atoms with Crippen molar-refractivity contribution in [3.05, 3.63) is 48.2 Å². The average molecular weight is 510 g/mol. The number of ether oxygens (including phenoxy) is 4. The Kier molecular flexibility index (Phi) is 7.42. The highest BCUT2D eigenvalue weighted by molar-refractivity contribution is 5.88. The Hall–Kier alpha value is -2.55. The van der Waals surface area contributed by atoms with Gasteiger partial charge in [0.15, 0.2) is 6.29 Å². The van der Waals surface area contributed by atoms with Crippen LogP contribution in [0.3, 0.4) is 0 Å². The van der Waals surface area contributed by atoms with E-state index in [0.717, 1.165) is 12.3 Å². The molecule has 7 N–H and O–H groups in total. The van der Waals surface area contributed by atoms with Gasteiger partial charge in [0.25, 0.3) is 0 Å². The molecule has 36 heavy (non-hydrogen) atoms. The van der Waals surface area contributed by atoms with E-state index in [1.54, 1.807) is 18.2 Å². The maximum Gasteiger partial charge on any atom is 0.331 e. The molecule has 4 rings (SSSR count).